The molecule has 0 aromatic carbocycles. The summed E-state index contributed by atoms with van der Waals surface area (Å²) in [6.45, 7) is 1.99. The second kappa shape index (κ2) is 10.4. The Morgan fingerprint density at radius 3 is 2.45 bits per heavy atom. The van der Waals surface area contributed by atoms with Crippen LogP contribution in [0.3, 0.4) is 0 Å². The molecule has 2 aliphatic rings. The van der Waals surface area contributed by atoms with Gasteiger partial charge in [-0.15, -0.1) is 5.10 Å². The molecule has 3 heterocycles. The number of rotatable bonds is 6. The molecule has 186 valence electrons. The van der Waals surface area contributed by atoms with E-state index in [1.807, 2.05) is 0 Å². The van der Waals surface area contributed by atoms with E-state index in [-0.39, 0.29) is 5.69 Å². The molecule has 15 nitrogen and oxygen atoms in total. The van der Waals surface area contributed by atoms with Crippen LogP contribution in [0, 0.1) is 0 Å². The lowest BCUT2D eigenvalue weighted by Gasteiger charge is -2.47. The van der Waals surface area contributed by atoms with Crippen LogP contribution in [0.5, 0.6) is 0 Å². The number of nitrogens with one attached hydrogen (secondary N) is 1. The lowest BCUT2D eigenvalue weighted by atomic mass is 9.94. The molecule has 1 aromatic heterocycles. The number of carbonyl (C=O) groups is 2. The normalized spacial score (nSPS) is 39.2. The van der Waals surface area contributed by atoms with Crippen LogP contribution in [0.2, 0.25) is 0 Å². The van der Waals surface area contributed by atoms with Crippen molar-refractivity contribution in [3.63, 3.8) is 0 Å². The minimum Gasteiger partial charge on any atom is -0.464 e. The molecule has 0 radical (unpaired) electrons. The molecule has 0 aliphatic carbocycles. The quantitative estimate of drug-likeness (QED) is 0.216. The molecule has 0 bridgehead atoms. The number of carbonyl (C=O) groups excluding carboxylic acids is 2. The van der Waals surface area contributed by atoms with Crippen molar-refractivity contribution < 1.29 is 54.1 Å². The van der Waals surface area contributed by atoms with E-state index in [9.17, 15) is 35.1 Å². The van der Waals surface area contributed by atoms with Crippen molar-refractivity contribution >= 4 is 11.9 Å². The van der Waals surface area contributed by atoms with Gasteiger partial charge in [0.15, 0.2) is 18.2 Å². The number of methoxy groups -OCH3 is 1. The number of hydrogen-bond acceptors (Lipinski definition) is 13. The summed E-state index contributed by atoms with van der Waals surface area (Å²) >= 11 is 0. The maximum atomic E-state index is 11.8. The first kappa shape index (κ1) is 25.4. The Bertz CT molecular complexity index is 838. The highest BCUT2D eigenvalue weighted by atomic mass is 16.7. The van der Waals surface area contributed by atoms with Gasteiger partial charge in [-0.2, -0.15) is 0 Å². The van der Waals surface area contributed by atoms with E-state index >= 15 is 0 Å². The van der Waals surface area contributed by atoms with Crippen molar-refractivity contribution in [3.05, 3.63) is 11.9 Å². The van der Waals surface area contributed by atoms with Crippen molar-refractivity contribution in [1.82, 2.24) is 20.3 Å². The Labute approximate surface area is 187 Å². The topological polar surface area (TPSA) is 215 Å². The summed E-state index contributed by atoms with van der Waals surface area (Å²) in [5.41, 5.74) is -0.156. The molecule has 2 saturated heterocycles. The highest BCUT2D eigenvalue weighted by molar-refractivity contribution is 5.86. The number of hydrogen-bond donors (Lipinski definition) is 6. The summed E-state index contributed by atoms with van der Waals surface area (Å²) in [5.74, 6) is -1.31. The van der Waals surface area contributed by atoms with Gasteiger partial charge in [-0.25, -0.2) is 9.48 Å². The van der Waals surface area contributed by atoms with Crippen LogP contribution in [-0.4, -0.2) is 121 Å². The summed E-state index contributed by atoms with van der Waals surface area (Å²) in [4.78, 5) is 23.5. The Balaban J connectivity index is 1.86. The van der Waals surface area contributed by atoms with E-state index in [0.29, 0.717) is 0 Å². The molecular weight excluding hydrogens is 448 g/mol. The average Bonchev–Trinajstić information content (AvgIpc) is 3.27. The minimum absolute atomic E-state index is 0.156. The van der Waals surface area contributed by atoms with E-state index in [2.05, 4.69) is 20.4 Å². The van der Waals surface area contributed by atoms with Crippen LogP contribution in [0.1, 0.15) is 30.6 Å². The molecule has 2 fully saturated rings. The molecule has 0 unspecified atom stereocenters. The standard InChI is InChI=1S/C18H28N4O11/c1-6-11(25)13(27)14(28)18(31-6)33-15-9(5-23)32-16(10(12(15)26)19-7(2)24)22-4-8(20-21-22)17(29)30-3/h4,6,9-16,18,23,25-28H,5H2,1-3H3,(H,19,24)/t6-,9-,10-,11-,12-,13-,14+,15-,16-,18+/m1/s1. The monoisotopic (exact) mass is 476 g/mol. The summed E-state index contributed by atoms with van der Waals surface area (Å²) in [7, 11) is 1.16. The molecule has 3 rings (SSSR count). The van der Waals surface area contributed by atoms with E-state index < -0.39 is 79.8 Å². The van der Waals surface area contributed by atoms with Gasteiger partial charge in [0, 0.05) is 6.92 Å². The molecule has 1 amide bonds. The molecule has 10 atom stereocenters. The predicted molar refractivity (Wildman–Crippen MR) is 103 cm³/mol. The van der Waals surface area contributed by atoms with Crippen LogP contribution < -0.4 is 5.32 Å². The Hall–Kier alpha value is -2.24. The van der Waals surface area contributed by atoms with Gasteiger partial charge in [-0.05, 0) is 6.92 Å². The van der Waals surface area contributed by atoms with Gasteiger partial charge in [-0.3, -0.25) is 4.79 Å². The molecule has 0 saturated carbocycles. The minimum atomic E-state index is -1.67. The number of esters is 1. The Morgan fingerprint density at radius 1 is 1.15 bits per heavy atom. The second-order valence-electron chi connectivity index (χ2n) is 7.82. The molecule has 0 spiro atoms. The van der Waals surface area contributed by atoms with Crippen LogP contribution in [0.15, 0.2) is 6.20 Å². The lowest BCUT2D eigenvalue weighted by molar-refractivity contribution is -0.335. The summed E-state index contributed by atoms with van der Waals surface area (Å²) in [6.07, 6.45) is -11.1. The molecule has 1 aromatic rings. The zero-order chi connectivity index (χ0) is 24.4. The number of nitrogens with zero attached hydrogens (tertiary/aromatic N) is 3. The van der Waals surface area contributed by atoms with Crippen molar-refractivity contribution in [1.29, 1.82) is 0 Å². The number of amides is 1. The Kier molecular flexibility index (Phi) is 7.96. The zero-order valence-electron chi connectivity index (χ0n) is 18.1. The molecule has 33 heavy (non-hydrogen) atoms. The van der Waals surface area contributed by atoms with Crippen molar-refractivity contribution in [3.8, 4) is 0 Å². The first-order valence-electron chi connectivity index (χ1n) is 10.2. The fourth-order valence-electron chi connectivity index (χ4n) is 3.75. The third-order valence-corrected chi connectivity index (χ3v) is 5.51. The summed E-state index contributed by atoms with van der Waals surface area (Å²) < 4.78 is 22.5. The lowest BCUT2D eigenvalue weighted by Crippen LogP contribution is -2.65. The van der Waals surface area contributed by atoms with Crippen molar-refractivity contribution in [2.24, 2.45) is 0 Å². The first-order valence-corrected chi connectivity index (χ1v) is 10.2. The largest absolute Gasteiger partial charge is 0.464 e. The van der Waals surface area contributed by atoms with Gasteiger partial charge in [-0.1, -0.05) is 5.21 Å². The van der Waals surface area contributed by atoms with E-state index in [1.54, 1.807) is 0 Å². The smallest absolute Gasteiger partial charge is 0.360 e. The average molecular weight is 476 g/mol. The number of aromatic nitrogens is 3. The van der Waals surface area contributed by atoms with Gasteiger partial charge in [0.05, 0.1) is 26.0 Å². The van der Waals surface area contributed by atoms with Gasteiger partial charge in [0.1, 0.15) is 42.7 Å². The highest BCUT2D eigenvalue weighted by Crippen LogP contribution is 2.32. The second-order valence-corrected chi connectivity index (χ2v) is 7.82. The highest BCUT2D eigenvalue weighted by Gasteiger charge is 2.51. The third kappa shape index (κ3) is 5.15. The van der Waals surface area contributed by atoms with E-state index in [4.69, 9.17) is 14.2 Å². The Morgan fingerprint density at radius 2 is 1.85 bits per heavy atom. The number of ether oxygens (including phenoxy) is 4. The maximum absolute atomic E-state index is 11.8. The zero-order valence-corrected chi connectivity index (χ0v) is 18.1. The van der Waals surface area contributed by atoms with Crippen molar-refractivity contribution in [2.75, 3.05) is 13.7 Å². The van der Waals surface area contributed by atoms with Crippen molar-refractivity contribution in [2.45, 2.75) is 75.1 Å². The summed E-state index contributed by atoms with van der Waals surface area (Å²) in [5, 5.41) is 61.0. The molecular formula is C18H28N4O11. The number of aliphatic hydroxyl groups excluding tert-OH is 5. The number of aliphatic hydroxyl groups is 5. The van der Waals surface area contributed by atoms with Gasteiger partial charge >= 0.3 is 5.97 Å². The third-order valence-electron chi connectivity index (χ3n) is 5.51. The van der Waals surface area contributed by atoms with Crippen LogP contribution >= 0.6 is 0 Å². The van der Waals surface area contributed by atoms with Crippen LogP contribution in [-0.2, 0) is 23.7 Å². The van der Waals surface area contributed by atoms with Crippen LogP contribution in [0.4, 0.5) is 0 Å². The first-order chi connectivity index (χ1) is 15.6. The summed E-state index contributed by atoms with van der Waals surface area (Å²) in [6, 6.07) is -1.20. The SMILES string of the molecule is COC(=O)c1cn([C@@H]2O[C@H](CO)[C@@H](O[C@@H]3O[C@H](C)[C@@H](O)[C@@H](O)[C@@H]3O)[C@H](O)[C@H]2NC(C)=O)nn1. The van der Waals surface area contributed by atoms with Gasteiger partial charge in [0.25, 0.3) is 0 Å². The van der Waals surface area contributed by atoms with E-state index in [1.165, 1.54) is 20.0 Å². The van der Waals surface area contributed by atoms with E-state index in [0.717, 1.165) is 11.8 Å². The molecule has 2 aliphatic heterocycles. The molecule has 6 N–H and O–H groups in total. The van der Waals surface area contributed by atoms with Gasteiger partial charge in [0.2, 0.25) is 5.91 Å². The van der Waals surface area contributed by atoms with Crippen LogP contribution in [0.25, 0.3) is 0 Å². The maximum Gasteiger partial charge on any atom is 0.360 e. The molecule has 15 heteroatoms. The predicted octanol–water partition coefficient (Wildman–Crippen LogP) is -3.97. The van der Waals surface area contributed by atoms with Gasteiger partial charge < -0.3 is 49.8 Å². The fraction of sp³-hybridized carbons (Fsp3) is 0.778. The fourth-order valence-corrected chi connectivity index (χ4v) is 3.75.